The van der Waals surface area contributed by atoms with E-state index in [2.05, 4.69) is 22.4 Å². The Morgan fingerprint density at radius 1 is 1.38 bits per heavy atom. The predicted molar refractivity (Wildman–Crippen MR) is 76.6 cm³/mol. The van der Waals surface area contributed by atoms with Crippen molar-refractivity contribution < 1.29 is 9.90 Å². The highest BCUT2D eigenvalue weighted by atomic mass is 16.4. The Hall–Kier alpha value is -2.24. The summed E-state index contributed by atoms with van der Waals surface area (Å²) in [7, 11) is 0. The van der Waals surface area contributed by atoms with E-state index in [1.165, 1.54) is 0 Å². The molecule has 0 saturated heterocycles. The lowest BCUT2D eigenvalue weighted by atomic mass is 9.69. The Kier molecular flexibility index (Phi) is 3.45. The Bertz CT molecular complexity index is 661. The molecule has 1 heterocycles. The van der Waals surface area contributed by atoms with Crippen LogP contribution in [0.4, 0.5) is 0 Å². The lowest BCUT2D eigenvalue weighted by molar-refractivity contribution is -0.156. The van der Waals surface area contributed by atoms with Crippen LogP contribution in [-0.4, -0.2) is 31.3 Å². The number of aliphatic carboxylic acids is 1. The van der Waals surface area contributed by atoms with Gasteiger partial charge in [0.25, 0.3) is 0 Å². The average molecular weight is 286 g/mol. The van der Waals surface area contributed by atoms with Gasteiger partial charge in [-0.15, -0.1) is 5.10 Å². The Morgan fingerprint density at radius 3 is 2.76 bits per heavy atom. The summed E-state index contributed by atoms with van der Waals surface area (Å²) in [6.07, 6.45) is 3.22. The zero-order chi connectivity index (χ0) is 14.9. The Balaban J connectivity index is 1.96. The molecule has 1 aromatic carbocycles. The topological polar surface area (TPSA) is 80.9 Å². The van der Waals surface area contributed by atoms with E-state index in [4.69, 9.17) is 0 Å². The molecular formula is C15H18N4O2. The second kappa shape index (κ2) is 5.27. The Morgan fingerprint density at radius 2 is 2.14 bits per heavy atom. The smallest absolute Gasteiger partial charge is 0.311 e. The van der Waals surface area contributed by atoms with E-state index in [0.717, 1.165) is 24.0 Å². The summed E-state index contributed by atoms with van der Waals surface area (Å²) < 4.78 is 1.64. The zero-order valence-corrected chi connectivity index (χ0v) is 12.0. The zero-order valence-electron chi connectivity index (χ0n) is 12.0. The van der Waals surface area contributed by atoms with Gasteiger partial charge in [-0.25, -0.2) is 4.68 Å². The SMILES string of the molecule is CCc1ccccc1-c1nnnn1CC1(C(=O)O)CCC1. The van der Waals surface area contributed by atoms with Crippen LogP contribution in [-0.2, 0) is 17.8 Å². The second-order valence-electron chi connectivity index (χ2n) is 5.61. The first kappa shape index (κ1) is 13.7. The summed E-state index contributed by atoms with van der Waals surface area (Å²) in [5.41, 5.74) is 1.43. The number of aromatic nitrogens is 4. The number of benzene rings is 1. The molecule has 6 heteroatoms. The van der Waals surface area contributed by atoms with Gasteiger partial charge in [-0.3, -0.25) is 4.79 Å². The molecule has 2 aromatic rings. The summed E-state index contributed by atoms with van der Waals surface area (Å²) in [5.74, 6) is -0.0982. The van der Waals surface area contributed by atoms with Gasteiger partial charge in [0.05, 0.1) is 12.0 Å². The molecule has 0 spiro atoms. The molecule has 1 saturated carbocycles. The third-order valence-corrected chi connectivity index (χ3v) is 4.39. The van der Waals surface area contributed by atoms with Gasteiger partial charge in [0.2, 0.25) is 0 Å². The van der Waals surface area contributed by atoms with Crippen molar-refractivity contribution in [2.24, 2.45) is 5.41 Å². The maximum atomic E-state index is 11.5. The minimum atomic E-state index is -0.751. The van der Waals surface area contributed by atoms with Gasteiger partial charge in [-0.2, -0.15) is 0 Å². The van der Waals surface area contributed by atoms with Gasteiger partial charge in [0, 0.05) is 5.56 Å². The summed E-state index contributed by atoms with van der Waals surface area (Å²) >= 11 is 0. The fraction of sp³-hybridized carbons (Fsp3) is 0.467. The molecule has 21 heavy (non-hydrogen) atoms. The van der Waals surface area contributed by atoms with Gasteiger partial charge in [0.15, 0.2) is 5.82 Å². The van der Waals surface area contributed by atoms with E-state index >= 15 is 0 Å². The van der Waals surface area contributed by atoms with Crippen LogP contribution in [0.5, 0.6) is 0 Å². The van der Waals surface area contributed by atoms with Crippen molar-refractivity contribution in [2.75, 3.05) is 0 Å². The van der Waals surface area contributed by atoms with Crippen molar-refractivity contribution in [1.82, 2.24) is 20.2 Å². The van der Waals surface area contributed by atoms with Crippen LogP contribution in [0.3, 0.4) is 0 Å². The van der Waals surface area contributed by atoms with Crippen LogP contribution in [0.25, 0.3) is 11.4 Å². The van der Waals surface area contributed by atoms with Crippen molar-refractivity contribution in [1.29, 1.82) is 0 Å². The molecule has 1 N–H and O–H groups in total. The van der Waals surface area contributed by atoms with Gasteiger partial charge in [-0.1, -0.05) is 37.6 Å². The number of carbonyl (C=O) groups is 1. The first-order valence-electron chi connectivity index (χ1n) is 7.24. The van der Waals surface area contributed by atoms with E-state index < -0.39 is 11.4 Å². The van der Waals surface area contributed by atoms with Crippen LogP contribution in [0.2, 0.25) is 0 Å². The number of hydrogen-bond acceptors (Lipinski definition) is 4. The molecule has 0 radical (unpaired) electrons. The molecule has 0 atom stereocenters. The van der Waals surface area contributed by atoms with Crippen molar-refractivity contribution in [3.05, 3.63) is 29.8 Å². The summed E-state index contributed by atoms with van der Waals surface area (Å²) in [6.45, 7) is 2.42. The minimum absolute atomic E-state index is 0.336. The van der Waals surface area contributed by atoms with Gasteiger partial charge >= 0.3 is 5.97 Å². The van der Waals surface area contributed by atoms with Crippen LogP contribution < -0.4 is 0 Å². The molecule has 110 valence electrons. The molecule has 0 bridgehead atoms. The summed E-state index contributed by atoms with van der Waals surface area (Å²) in [5, 5.41) is 21.3. The number of aryl methyl sites for hydroxylation is 1. The van der Waals surface area contributed by atoms with Gasteiger partial charge < -0.3 is 5.11 Å². The number of hydrogen-bond donors (Lipinski definition) is 1. The molecule has 0 unspecified atom stereocenters. The maximum Gasteiger partial charge on any atom is 0.311 e. The van der Waals surface area contributed by atoms with Crippen molar-refractivity contribution in [3.63, 3.8) is 0 Å². The number of carboxylic acid groups (broad SMARTS) is 1. The first-order valence-corrected chi connectivity index (χ1v) is 7.24. The maximum absolute atomic E-state index is 11.5. The molecule has 1 aliphatic carbocycles. The molecule has 3 rings (SSSR count). The molecule has 1 aromatic heterocycles. The number of rotatable bonds is 5. The minimum Gasteiger partial charge on any atom is -0.481 e. The third kappa shape index (κ3) is 2.30. The summed E-state index contributed by atoms with van der Waals surface area (Å²) in [6, 6.07) is 7.96. The molecule has 1 aliphatic rings. The lowest BCUT2D eigenvalue weighted by Crippen LogP contribution is -2.42. The molecule has 0 aliphatic heterocycles. The fourth-order valence-electron chi connectivity index (χ4n) is 2.88. The monoisotopic (exact) mass is 286 g/mol. The standard InChI is InChI=1S/C15H18N4O2/c1-2-11-6-3-4-7-12(11)13-16-17-18-19(13)10-15(14(20)21)8-5-9-15/h3-4,6-7H,2,5,8-10H2,1H3,(H,20,21). The number of nitrogens with zero attached hydrogens (tertiary/aromatic N) is 4. The van der Waals surface area contributed by atoms with Gasteiger partial charge in [0.1, 0.15) is 0 Å². The van der Waals surface area contributed by atoms with Crippen molar-refractivity contribution in [2.45, 2.75) is 39.2 Å². The third-order valence-electron chi connectivity index (χ3n) is 4.39. The highest BCUT2D eigenvalue weighted by Crippen LogP contribution is 2.43. The largest absolute Gasteiger partial charge is 0.481 e. The second-order valence-corrected chi connectivity index (χ2v) is 5.61. The van der Waals surface area contributed by atoms with E-state index in [1.54, 1.807) is 4.68 Å². The van der Waals surface area contributed by atoms with E-state index in [-0.39, 0.29) is 0 Å². The fourth-order valence-corrected chi connectivity index (χ4v) is 2.88. The van der Waals surface area contributed by atoms with Crippen LogP contribution >= 0.6 is 0 Å². The first-order chi connectivity index (χ1) is 10.2. The van der Waals surface area contributed by atoms with Crippen LogP contribution in [0.15, 0.2) is 24.3 Å². The Labute approximate surface area is 122 Å². The van der Waals surface area contributed by atoms with Crippen LogP contribution in [0, 0.1) is 5.41 Å². The molecule has 6 nitrogen and oxygen atoms in total. The van der Waals surface area contributed by atoms with Crippen LogP contribution in [0.1, 0.15) is 31.7 Å². The number of tetrazole rings is 1. The van der Waals surface area contributed by atoms with Gasteiger partial charge in [-0.05, 0) is 35.3 Å². The van der Waals surface area contributed by atoms with Crippen molar-refractivity contribution in [3.8, 4) is 11.4 Å². The summed E-state index contributed by atoms with van der Waals surface area (Å²) in [4.78, 5) is 11.5. The normalized spacial score (nSPS) is 16.4. The van der Waals surface area contributed by atoms with E-state index in [0.29, 0.717) is 25.2 Å². The van der Waals surface area contributed by atoms with Crippen molar-refractivity contribution >= 4 is 5.97 Å². The van der Waals surface area contributed by atoms with E-state index in [1.807, 2.05) is 24.3 Å². The average Bonchev–Trinajstić information content (AvgIpc) is 2.90. The quantitative estimate of drug-likeness (QED) is 0.911. The highest BCUT2D eigenvalue weighted by molar-refractivity contribution is 5.75. The molecule has 1 fully saturated rings. The highest BCUT2D eigenvalue weighted by Gasteiger charge is 2.45. The predicted octanol–water partition coefficient (Wildman–Crippen LogP) is 2.16. The lowest BCUT2D eigenvalue weighted by Gasteiger charge is -2.37. The molecule has 0 amide bonds. The number of carboxylic acids is 1. The molecular weight excluding hydrogens is 268 g/mol. The van der Waals surface area contributed by atoms with E-state index in [9.17, 15) is 9.90 Å².